The van der Waals surface area contributed by atoms with Gasteiger partial charge in [0.25, 0.3) is 5.89 Å². The Kier molecular flexibility index (Phi) is 3.45. The van der Waals surface area contributed by atoms with Crippen LogP contribution in [0.15, 0.2) is 4.52 Å². The van der Waals surface area contributed by atoms with Gasteiger partial charge in [0.1, 0.15) is 4.88 Å². The van der Waals surface area contributed by atoms with Crippen LogP contribution in [0.25, 0.3) is 10.8 Å². The first-order chi connectivity index (χ1) is 8.43. The van der Waals surface area contributed by atoms with E-state index in [0.717, 1.165) is 10.6 Å². The Morgan fingerprint density at radius 2 is 2.11 bits per heavy atom. The molecule has 0 saturated carbocycles. The Morgan fingerprint density at radius 3 is 2.72 bits per heavy atom. The molecule has 0 amide bonds. The fraction of sp³-hybridized carbons (Fsp3) is 0.636. The van der Waals surface area contributed by atoms with Crippen LogP contribution in [0.5, 0.6) is 0 Å². The normalized spacial score (nSPS) is 13.8. The van der Waals surface area contributed by atoms with Crippen LogP contribution in [-0.4, -0.2) is 26.3 Å². The standard InChI is InChI=1S/C11H17N5OS/c1-6(5-12)9-13-10(17-15-9)7-8(11(2,3)4)14-16-18-7/h6H,5,12H2,1-4H3. The minimum absolute atomic E-state index is 0.0847. The van der Waals surface area contributed by atoms with Crippen molar-refractivity contribution in [3.63, 3.8) is 0 Å². The summed E-state index contributed by atoms with van der Waals surface area (Å²) in [6.45, 7) is 8.68. The van der Waals surface area contributed by atoms with E-state index >= 15 is 0 Å². The summed E-state index contributed by atoms with van der Waals surface area (Å²) in [4.78, 5) is 5.21. The monoisotopic (exact) mass is 267 g/mol. The molecule has 0 aromatic carbocycles. The zero-order valence-electron chi connectivity index (χ0n) is 11.0. The fourth-order valence-corrected chi connectivity index (χ4v) is 2.25. The van der Waals surface area contributed by atoms with Gasteiger partial charge in [-0.1, -0.05) is 37.3 Å². The molecule has 2 N–H and O–H groups in total. The topological polar surface area (TPSA) is 90.7 Å². The lowest BCUT2D eigenvalue weighted by atomic mass is 9.91. The van der Waals surface area contributed by atoms with Gasteiger partial charge in [0.15, 0.2) is 5.82 Å². The third-order valence-electron chi connectivity index (χ3n) is 2.63. The molecule has 98 valence electrons. The molecule has 18 heavy (non-hydrogen) atoms. The largest absolute Gasteiger partial charge is 0.333 e. The van der Waals surface area contributed by atoms with Crippen LogP contribution in [0.4, 0.5) is 0 Å². The van der Waals surface area contributed by atoms with E-state index in [1.807, 2.05) is 6.92 Å². The Balaban J connectivity index is 2.38. The highest BCUT2D eigenvalue weighted by Gasteiger charge is 2.26. The van der Waals surface area contributed by atoms with Gasteiger partial charge in [-0.05, 0) is 11.5 Å². The predicted molar refractivity (Wildman–Crippen MR) is 69.4 cm³/mol. The third kappa shape index (κ3) is 2.41. The molecule has 0 aliphatic heterocycles. The fourth-order valence-electron chi connectivity index (χ4n) is 1.45. The van der Waals surface area contributed by atoms with Gasteiger partial charge in [-0.15, -0.1) is 5.10 Å². The number of nitrogens with zero attached hydrogens (tertiary/aromatic N) is 4. The maximum absolute atomic E-state index is 5.59. The van der Waals surface area contributed by atoms with Crippen molar-refractivity contribution in [2.45, 2.75) is 39.0 Å². The minimum Gasteiger partial charge on any atom is -0.333 e. The summed E-state index contributed by atoms with van der Waals surface area (Å²) in [5.41, 5.74) is 6.36. The van der Waals surface area contributed by atoms with E-state index in [1.165, 1.54) is 11.5 Å². The maximum atomic E-state index is 5.59. The number of nitrogens with two attached hydrogens (primary N) is 1. The van der Waals surface area contributed by atoms with Crippen molar-refractivity contribution in [2.75, 3.05) is 6.54 Å². The van der Waals surface area contributed by atoms with Crippen LogP contribution >= 0.6 is 11.5 Å². The quantitative estimate of drug-likeness (QED) is 0.914. The minimum atomic E-state index is -0.101. The van der Waals surface area contributed by atoms with Crippen molar-refractivity contribution in [1.29, 1.82) is 0 Å². The van der Waals surface area contributed by atoms with Crippen LogP contribution in [0.3, 0.4) is 0 Å². The average molecular weight is 267 g/mol. The molecule has 2 rings (SSSR count). The molecule has 0 fully saturated rings. The lowest BCUT2D eigenvalue weighted by Gasteiger charge is -2.14. The van der Waals surface area contributed by atoms with Crippen LogP contribution in [0.2, 0.25) is 0 Å². The van der Waals surface area contributed by atoms with Gasteiger partial charge in [0, 0.05) is 17.9 Å². The Bertz CT molecular complexity index is 528. The molecule has 0 saturated heterocycles. The van der Waals surface area contributed by atoms with E-state index in [1.54, 1.807) is 0 Å². The van der Waals surface area contributed by atoms with Crippen molar-refractivity contribution in [3.8, 4) is 10.8 Å². The second-order valence-corrected chi connectivity index (χ2v) is 6.05. The van der Waals surface area contributed by atoms with Gasteiger partial charge in [0.2, 0.25) is 0 Å². The summed E-state index contributed by atoms with van der Waals surface area (Å²) < 4.78 is 9.26. The molecule has 0 aliphatic rings. The first-order valence-electron chi connectivity index (χ1n) is 5.80. The van der Waals surface area contributed by atoms with Crippen LogP contribution in [0, 0.1) is 0 Å². The Hall–Kier alpha value is -1.34. The van der Waals surface area contributed by atoms with Crippen molar-refractivity contribution in [1.82, 2.24) is 19.7 Å². The molecule has 0 spiro atoms. The van der Waals surface area contributed by atoms with Crippen LogP contribution in [-0.2, 0) is 5.41 Å². The number of hydrogen-bond acceptors (Lipinski definition) is 7. The second-order valence-electron chi connectivity index (χ2n) is 5.30. The number of hydrogen-bond donors (Lipinski definition) is 1. The molecule has 0 bridgehead atoms. The highest BCUT2D eigenvalue weighted by molar-refractivity contribution is 7.09. The van der Waals surface area contributed by atoms with Gasteiger partial charge < -0.3 is 10.3 Å². The molecule has 2 aromatic rings. The molecular formula is C11H17N5OS. The predicted octanol–water partition coefficient (Wildman–Crippen LogP) is 1.95. The Morgan fingerprint density at radius 1 is 1.39 bits per heavy atom. The van der Waals surface area contributed by atoms with Crippen LogP contribution < -0.4 is 5.73 Å². The van der Waals surface area contributed by atoms with Crippen molar-refractivity contribution >= 4 is 11.5 Å². The van der Waals surface area contributed by atoms with Gasteiger partial charge >= 0.3 is 0 Å². The maximum Gasteiger partial charge on any atom is 0.271 e. The summed E-state index contributed by atoms with van der Waals surface area (Å²) >= 11 is 1.27. The van der Waals surface area contributed by atoms with E-state index in [9.17, 15) is 0 Å². The zero-order chi connectivity index (χ0) is 13.3. The zero-order valence-corrected chi connectivity index (χ0v) is 11.8. The summed E-state index contributed by atoms with van der Waals surface area (Å²) in [5, 5.41) is 8.11. The van der Waals surface area contributed by atoms with E-state index in [-0.39, 0.29) is 11.3 Å². The first kappa shape index (κ1) is 13.1. The van der Waals surface area contributed by atoms with Gasteiger partial charge in [-0.25, -0.2) is 0 Å². The average Bonchev–Trinajstić information content (AvgIpc) is 2.94. The van der Waals surface area contributed by atoms with E-state index in [4.69, 9.17) is 10.3 Å². The lowest BCUT2D eigenvalue weighted by molar-refractivity contribution is 0.417. The molecule has 1 unspecified atom stereocenters. The van der Waals surface area contributed by atoms with Crippen molar-refractivity contribution in [3.05, 3.63) is 11.5 Å². The summed E-state index contributed by atoms with van der Waals surface area (Å²) in [5.74, 6) is 1.19. The second kappa shape index (κ2) is 4.74. The van der Waals surface area contributed by atoms with E-state index in [0.29, 0.717) is 18.3 Å². The van der Waals surface area contributed by atoms with Gasteiger partial charge in [-0.3, -0.25) is 0 Å². The van der Waals surface area contributed by atoms with Crippen LogP contribution in [0.1, 0.15) is 45.1 Å². The number of rotatable bonds is 3. The highest BCUT2D eigenvalue weighted by atomic mass is 32.1. The van der Waals surface area contributed by atoms with E-state index < -0.39 is 0 Å². The first-order valence-corrected chi connectivity index (χ1v) is 6.57. The lowest BCUT2D eigenvalue weighted by Crippen LogP contribution is -2.13. The summed E-state index contributed by atoms with van der Waals surface area (Å²) in [6.07, 6.45) is 0. The summed E-state index contributed by atoms with van der Waals surface area (Å²) in [7, 11) is 0. The molecule has 2 heterocycles. The number of aromatic nitrogens is 4. The van der Waals surface area contributed by atoms with Crippen molar-refractivity contribution in [2.24, 2.45) is 5.73 Å². The third-order valence-corrected chi connectivity index (χ3v) is 3.34. The molecule has 0 radical (unpaired) electrons. The smallest absolute Gasteiger partial charge is 0.271 e. The SMILES string of the molecule is CC(CN)c1noc(-c2snnc2C(C)(C)C)n1. The molecule has 2 aromatic heterocycles. The summed E-state index contributed by atoms with van der Waals surface area (Å²) in [6, 6.07) is 0. The van der Waals surface area contributed by atoms with Crippen molar-refractivity contribution < 1.29 is 4.52 Å². The molecular weight excluding hydrogens is 250 g/mol. The van der Waals surface area contributed by atoms with Gasteiger partial charge in [0.05, 0.1) is 5.69 Å². The molecule has 6 nitrogen and oxygen atoms in total. The molecule has 7 heteroatoms. The molecule has 0 aliphatic carbocycles. The molecule has 1 atom stereocenters. The van der Waals surface area contributed by atoms with Gasteiger partial charge in [-0.2, -0.15) is 4.98 Å². The highest BCUT2D eigenvalue weighted by Crippen LogP contribution is 2.33. The van der Waals surface area contributed by atoms with E-state index in [2.05, 4.69) is 40.5 Å². The Labute approximate surface area is 110 Å².